The van der Waals surface area contributed by atoms with Gasteiger partial charge < -0.3 is 15.4 Å². The molecule has 15 heavy (non-hydrogen) atoms. The van der Waals surface area contributed by atoms with Gasteiger partial charge in [-0.25, -0.2) is 4.57 Å². The summed E-state index contributed by atoms with van der Waals surface area (Å²) in [6.07, 6.45) is -0.702. The standard InChI is InChI=1S/C5H10NO7P.Na.H/c6-3(5(8)9)1-2-4(7)13-14(10,11)12;;/h3H,1-2,6H2,(H,8,9)(H2,10,11,12);;/t3-;;/m0../s1. The van der Waals surface area contributed by atoms with Gasteiger partial charge in [0, 0.05) is 6.42 Å². The van der Waals surface area contributed by atoms with Crippen LogP contribution in [-0.2, 0) is 18.7 Å². The second-order valence-corrected chi connectivity index (χ2v) is 3.60. The van der Waals surface area contributed by atoms with Gasteiger partial charge in [-0.15, -0.1) is 0 Å². The third-order valence-electron chi connectivity index (χ3n) is 1.20. The normalized spacial score (nSPS) is 12.5. The topological polar surface area (TPSA) is 147 Å². The van der Waals surface area contributed by atoms with E-state index in [0.717, 1.165) is 0 Å². The van der Waals surface area contributed by atoms with E-state index in [0.29, 0.717) is 0 Å². The van der Waals surface area contributed by atoms with Crippen LogP contribution in [0.5, 0.6) is 0 Å². The summed E-state index contributed by atoms with van der Waals surface area (Å²) in [6.45, 7) is 0. The van der Waals surface area contributed by atoms with Crippen molar-refractivity contribution in [3.05, 3.63) is 0 Å². The first-order valence-corrected chi connectivity index (χ1v) is 5.02. The Kier molecular flexibility index (Phi) is 8.54. The molecule has 8 nitrogen and oxygen atoms in total. The summed E-state index contributed by atoms with van der Waals surface area (Å²) in [5.74, 6) is -2.48. The molecule has 0 aliphatic heterocycles. The van der Waals surface area contributed by atoms with Crippen LogP contribution in [-0.4, -0.2) is 62.4 Å². The van der Waals surface area contributed by atoms with Crippen molar-refractivity contribution in [1.29, 1.82) is 0 Å². The maximum absolute atomic E-state index is 10.6. The SMILES string of the molecule is N[C@@H](CCC(=O)OP(=O)(O)O)C(=O)O.[NaH]. The zero-order valence-corrected chi connectivity index (χ0v) is 7.89. The van der Waals surface area contributed by atoms with Crippen LogP contribution in [0.1, 0.15) is 12.8 Å². The van der Waals surface area contributed by atoms with Crippen LogP contribution < -0.4 is 5.73 Å². The summed E-state index contributed by atoms with van der Waals surface area (Å²) in [6, 6.07) is -1.25. The second kappa shape index (κ2) is 7.34. The van der Waals surface area contributed by atoms with Crippen LogP contribution in [0.3, 0.4) is 0 Å². The molecular weight excluding hydrogens is 240 g/mol. The zero-order chi connectivity index (χ0) is 11.4. The number of hydrogen-bond acceptors (Lipinski definition) is 5. The second-order valence-electron chi connectivity index (χ2n) is 2.44. The molecule has 0 heterocycles. The quantitative estimate of drug-likeness (QED) is 0.329. The molecule has 0 saturated carbocycles. The van der Waals surface area contributed by atoms with Crippen molar-refractivity contribution < 1.29 is 33.6 Å². The van der Waals surface area contributed by atoms with Gasteiger partial charge in [-0.05, 0) is 6.42 Å². The molecule has 0 bridgehead atoms. The molecule has 0 aliphatic rings. The van der Waals surface area contributed by atoms with Crippen LogP contribution >= 0.6 is 7.82 Å². The van der Waals surface area contributed by atoms with Crippen molar-refractivity contribution >= 4 is 49.3 Å². The van der Waals surface area contributed by atoms with Crippen molar-refractivity contribution in [2.24, 2.45) is 5.73 Å². The van der Waals surface area contributed by atoms with E-state index in [-0.39, 0.29) is 36.0 Å². The predicted molar refractivity (Wildman–Crippen MR) is 50.1 cm³/mol. The van der Waals surface area contributed by atoms with E-state index in [1.807, 2.05) is 0 Å². The molecule has 0 saturated heterocycles. The van der Waals surface area contributed by atoms with Gasteiger partial charge in [-0.1, -0.05) is 0 Å². The third-order valence-corrected chi connectivity index (χ3v) is 1.64. The van der Waals surface area contributed by atoms with Gasteiger partial charge in [0.1, 0.15) is 6.04 Å². The molecule has 0 amide bonds. The van der Waals surface area contributed by atoms with E-state index >= 15 is 0 Å². The molecule has 0 fully saturated rings. The van der Waals surface area contributed by atoms with Gasteiger partial charge in [0.15, 0.2) is 0 Å². The minimum atomic E-state index is -4.84. The molecule has 0 unspecified atom stereocenters. The number of hydrogen-bond donors (Lipinski definition) is 4. The molecule has 0 aromatic heterocycles. The number of carbonyl (C=O) groups is 2. The van der Waals surface area contributed by atoms with Crippen LogP contribution in [0.25, 0.3) is 0 Å². The zero-order valence-electron chi connectivity index (χ0n) is 6.99. The first-order chi connectivity index (χ1) is 6.22. The van der Waals surface area contributed by atoms with Crippen LogP contribution in [0, 0.1) is 0 Å². The average Bonchev–Trinajstić information content (AvgIpc) is 1.96. The van der Waals surface area contributed by atoms with Crippen molar-refractivity contribution in [3.8, 4) is 0 Å². The number of carboxylic acids is 1. The fourth-order valence-corrected chi connectivity index (χ4v) is 0.932. The number of aliphatic carboxylic acids is 1. The summed E-state index contributed by atoms with van der Waals surface area (Å²) in [5, 5.41) is 8.30. The van der Waals surface area contributed by atoms with Crippen LogP contribution in [0.4, 0.5) is 0 Å². The number of carboxylic acid groups (broad SMARTS) is 1. The Morgan fingerprint density at radius 2 is 1.87 bits per heavy atom. The summed E-state index contributed by atoms with van der Waals surface area (Å²) >= 11 is 0. The fourth-order valence-electron chi connectivity index (χ4n) is 0.575. The summed E-state index contributed by atoms with van der Waals surface area (Å²) in [5.41, 5.74) is 5.03. The van der Waals surface area contributed by atoms with Crippen molar-refractivity contribution in [2.75, 3.05) is 0 Å². The first kappa shape index (κ1) is 17.4. The fraction of sp³-hybridized carbons (Fsp3) is 0.600. The van der Waals surface area contributed by atoms with E-state index in [9.17, 15) is 14.2 Å². The van der Waals surface area contributed by atoms with Gasteiger partial charge in [0.2, 0.25) is 0 Å². The van der Waals surface area contributed by atoms with Gasteiger partial charge in [0.05, 0.1) is 0 Å². The molecule has 0 aliphatic carbocycles. The van der Waals surface area contributed by atoms with Crippen molar-refractivity contribution in [3.63, 3.8) is 0 Å². The maximum atomic E-state index is 10.6. The predicted octanol–water partition coefficient (Wildman–Crippen LogP) is -1.83. The minimum absolute atomic E-state index is 0. The van der Waals surface area contributed by atoms with E-state index in [1.165, 1.54) is 0 Å². The number of phosphoric ester groups is 1. The Morgan fingerprint density at radius 1 is 1.40 bits per heavy atom. The van der Waals surface area contributed by atoms with E-state index in [2.05, 4.69) is 4.52 Å². The molecule has 5 N–H and O–H groups in total. The monoisotopic (exact) mass is 251 g/mol. The summed E-state index contributed by atoms with van der Waals surface area (Å²) < 4.78 is 13.8. The molecule has 0 rings (SSSR count). The van der Waals surface area contributed by atoms with Gasteiger partial charge in [-0.3, -0.25) is 19.4 Å². The Morgan fingerprint density at radius 3 is 2.20 bits per heavy atom. The van der Waals surface area contributed by atoms with E-state index < -0.39 is 32.2 Å². The van der Waals surface area contributed by atoms with Crippen molar-refractivity contribution in [1.82, 2.24) is 0 Å². The molecule has 0 aromatic carbocycles. The number of nitrogens with two attached hydrogens (primary N) is 1. The molecule has 0 aromatic rings. The third kappa shape index (κ3) is 10.3. The molecule has 10 heteroatoms. The van der Waals surface area contributed by atoms with Gasteiger partial charge in [0.25, 0.3) is 0 Å². The molecule has 1 atom stereocenters. The van der Waals surface area contributed by atoms with Gasteiger partial charge in [-0.2, -0.15) is 0 Å². The number of phosphoric acid groups is 1. The average molecular weight is 251 g/mol. The first-order valence-electron chi connectivity index (χ1n) is 3.48. The van der Waals surface area contributed by atoms with Crippen molar-refractivity contribution in [2.45, 2.75) is 18.9 Å². The molecule has 0 spiro atoms. The summed E-state index contributed by atoms with van der Waals surface area (Å²) in [7, 11) is -4.84. The Hall–Kier alpha value is 0.0500. The Balaban J connectivity index is 0. The summed E-state index contributed by atoms with van der Waals surface area (Å²) in [4.78, 5) is 37.2. The molecule has 0 radical (unpaired) electrons. The van der Waals surface area contributed by atoms with Gasteiger partial charge >= 0.3 is 49.3 Å². The number of carbonyl (C=O) groups excluding carboxylic acids is 1. The molecular formula is C5H11NNaO7P. The number of rotatable bonds is 5. The van der Waals surface area contributed by atoms with Crippen LogP contribution in [0.15, 0.2) is 0 Å². The van der Waals surface area contributed by atoms with E-state index in [4.69, 9.17) is 20.6 Å². The molecule has 84 valence electrons. The van der Waals surface area contributed by atoms with Crippen LogP contribution in [0.2, 0.25) is 0 Å². The Labute approximate surface area is 107 Å². The van der Waals surface area contributed by atoms with E-state index in [1.54, 1.807) is 0 Å². The Bertz CT molecular complexity index is 277.